The molecule has 0 N–H and O–H groups in total. The molecule has 124 valence electrons. The van der Waals surface area contributed by atoms with Gasteiger partial charge < -0.3 is 0 Å². The Bertz CT molecular complexity index is 444. The Morgan fingerprint density at radius 2 is 1.59 bits per heavy atom. The highest BCUT2D eigenvalue weighted by atomic mass is 28.3. The second kappa shape index (κ2) is 8.49. The molecule has 0 amide bonds. The van der Waals surface area contributed by atoms with Crippen LogP contribution in [0.3, 0.4) is 0 Å². The lowest BCUT2D eigenvalue weighted by molar-refractivity contribution is -0.307. The van der Waals surface area contributed by atoms with Crippen molar-refractivity contribution in [1.82, 2.24) is 0 Å². The van der Waals surface area contributed by atoms with Crippen molar-refractivity contribution in [2.75, 3.05) is 0 Å². The fourth-order valence-corrected chi connectivity index (χ4v) is 6.35. The molecule has 22 heavy (non-hydrogen) atoms. The Morgan fingerprint density at radius 3 is 2.09 bits per heavy atom. The van der Waals surface area contributed by atoms with Gasteiger partial charge in [0.1, 0.15) is 5.60 Å². The van der Waals surface area contributed by atoms with Crippen molar-refractivity contribution in [1.29, 1.82) is 0 Å². The summed E-state index contributed by atoms with van der Waals surface area (Å²) in [6, 6.07) is 14.1. The minimum absolute atomic E-state index is 0.432. The van der Waals surface area contributed by atoms with E-state index in [0.29, 0.717) is 5.56 Å². The van der Waals surface area contributed by atoms with Crippen molar-refractivity contribution >= 4 is 14.0 Å². The van der Waals surface area contributed by atoms with Crippen LogP contribution in [0.1, 0.15) is 51.4 Å². The second-order valence-electron chi connectivity index (χ2n) is 6.64. The predicted octanol–water partition coefficient (Wildman–Crippen LogP) is 5.45. The van der Waals surface area contributed by atoms with E-state index in [0.717, 1.165) is 6.42 Å². The van der Waals surface area contributed by atoms with Crippen molar-refractivity contribution in [3.05, 3.63) is 35.9 Å². The Kier molecular flexibility index (Phi) is 7.30. The molecule has 0 bridgehead atoms. The molecule has 0 atom stereocenters. The maximum absolute atomic E-state index is 11.9. The third-order valence-corrected chi connectivity index (χ3v) is 10.7. The molecular weight excluding hydrogens is 292 g/mol. The zero-order valence-corrected chi connectivity index (χ0v) is 15.6. The molecule has 3 nitrogen and oxygen atoms in total. The first-order valence-electron chi connectivity index (χ1n) is 8.33. The van der Waals surface area contributed by atoms with Crippen LogP contribution < -0.4 is 0 Å². The van der Waals surface area contributed by atoms with E-state index in [1.807, 2.05) is 32.0 Å². The van der Waals surface area contributed by atoms with E-state index in [9.17, 15) is 4.79 Å². The van der Waals surface area contributed by atoms with Crippen LogP contribution in [0.15, 0.2) is 30.3 Å². The molecule has 1 aromatic carbocycles. The molecule has 0 unspecified atom stereocenters. The molecule has 0 aromatic heterocycles. The molecular formula is C18H30O3Si. The highest BCUT2D eigenvalue weighted by Gasteiger charge is 2.31. The molecule has 1 aromatic rings. The van der Waals surface area contributed by atoms with Gasteiger partial charge in [0, 0.05) is 0 Å². The third kappa shape index (κ3) is 5.58. The van der Waals surface area contributed by atoms with Crippen LogP contribution in [0.5, 0.6) is 0 Å². The third-order valence-electron chi connectivity index (χ3n) is 4.86. The fraction of sp³-hybridized carbons (Fsp3) is 0.611. The summed E-state index contributed by atoms with van der Waals surface area (Å²) in [6.07, 6.45) is 0.927. The van der Waals surface area contributed by atoms with E-state index in [1.54, 1.807) is 12.1 Å². The van der Waals surface area contributed by atoms with Crippen LogP contribution in [0.2, 0.25) is 24.2 Å². The molecule has 0 aliphatic rings. The first kappa shape index (κ1) is 18.9. The van der Waals surface area contributed by atoms with Crippen LogP contribution in [-0.4, -0.2) is 19.6 Å². The van der Waals surface area contributed by atoms with Gasteiger partial charge in [-0.2, -0.15) is 4.89 Å². The van der Waals surface area contributed by atoms with Crippen LogP contribution in [0, 0.1) is 0 Å². The second-order valence-corrected chi connectivity index (χ2v) is 12.3. The van der Waals surface area contributed by atoms with Crippen LogP contribution in [-0.2, 0) is 9.78 Å². The van der Waals surface area contributed by atoms with E-state index < -0.39 is 19.6 Å². The van der Waals surface area contributed by atoms with E-state index >= 15 is 0 Å². The summed E-state index contributed by atoms with van der Waals surface area (Å²) in [4.78, 5) is 22.4. The van der Waals surface area contributed by atoms with Crippen LogP contribution >= 0.6 is 0 Å². The number of carbonyl (C=O) groups excluding carboxylic acids is 1. The van der Waals surface area contributed by atoms with Crippen molar-refractivity contribution in [3.63, 3.8) is 0 Å². The van der Waals surface area contributed by atoms with Crippen LogP contribution in [0.25, 0.3) is 0 Å². The average molecular weight is 323 g/mol. The number of hydrogen-bond donors (Lipinski definition) is 0. The molecule has 0 fully saturated rings. The first-order chi connectivity index (χ1) is 10.4. The molecule has 0 heterocycles. The van der Waals surface area contributed by atoms with Gasteiger partial charge in [0.25, 0.3) is 0 Å². The van der Waals surface area contributed by atoms with E-state index in [-0.39, 0.29) is 0 Å². The number of hydrogen-bond acceptors (Lipinski definition) is 3. The zero-order valence-electron chi connectivity index (χ0n) is 14.6. The maximum Gasteiger partial charge on any atom is 0.373 e. The summed E-state index contributed by atoms with van der Waals surface area (Å²) < 4.78 is 0. The van der Waals surface area contributed by atoms with Gasteiger partial charge in [-0.25, -0.2) is 4.79 Å². The van der Waals surface area contributed by atoms with Gasteiger partial charge in [-0.1, -0.05) is 63.1 Å². The Morgan fingerprint density at radius 1 is 1.05 bits per heavy atom. The van der Waals surface area contributed by atoms with Gasteiger partial charge in [0.05, 0.1) is 13.6 Å². The average Bonchev–Trinajstić information content (AvgIpc) is 2.55. The van der Waals surface area contributed by atoms with Gasteiger partial charge in [-0.3, -0.25) is 4.89 Å². The summed E-state index contributed by atoms with van der Waals surface area (Å²) in [6.45, 7) is 10.9. The van der Waals surface area contributed by atoms with Crippen molar-refractivity contribution in [2.45, 2.75) is 70.8 Å². The number of rotatable bonds is 9. The zero-order chi connectivity index (χ0) is 16.6. The molecule has 0 spiro atoms. The van der Waals surface area contributed by atoms with E-state index in [4.69, 9.17) is 9.78 Å². The standard InChI is InChI=1S/C18H30O3Si/c1-6-22(7-2,8-3)15-14-18(4,5)21-20-17(19)16-12-10-9-11-13-16/h9-13H,6-8,14-15H2,1-5H3. The van der Waals surface area contributed by atoms with E-state index in [1.165, 1.54) is 24.2 Å². The normalized spacial score (nSPS) is 12.2. The molecule has 0 radical (unpaired) electrons. The monoisotopic (exact) mass is 322 g/mol. The van der Waals surface area contributed by atoms with Gasteiger partial charge in [0.15, 0.2) is 0 Å². The van der Waals surface area contributed by atoms with Gasteiger partial charge in [0.2, 0.25) is 0 Å². The summed E-state index contributed by atoms with van der Waals surface area (Å²) in [5, 5.41) is 0. The molecule has 1 rings (SSSR count). The van der Waals surface area contributed by atoms with Crippen molar-refractivity contribution < 1.29 is 14.6 Å². The summed E-state index contributed by atoms with van der Waals surface area (Å²) in [5.41, 5.74) is 0.0695. The number of carbonyl (C=O) groups is 1. The maximum atomic E-state index is 11.9. The summed E-state index contributed by atoms with van der Waals surface area (Å²) >= 11 is 0. The highest BCUT2D eigenvalue weighted by molar-refractivity contribution is 6.79. The minimum atomic E-state index is -1.17. The van der Waals surface area contributed by atoms with Crippen molar-refractivity contribution in [2.24, 2.45) is 0 Å². The van der Waals surface area contributed by atoms with Gasteiger partial charge >= 0.3 is 5.97 Å². The lowest BCUT2D eigenvalue weighted by Crippen LogP contribution is -2.35. The molecule has 0 aliphatic carbocycles. The number of benzene rings is 1. The summed E-state index contributed by atoms with van der Waals surface area (Å²) in [7, 11) is -1.17. The molecule has 0 aliphatic heterocycles. The van der Waals surface area contributed by atoms with Crippen LogP contribution in [0.4, 0.5) is 0 Å². The molecule has 4 heteroatoms. The van der Waals surface area contributed by atoms with Gasteiger partial charge in [-0.05, 0) is 32.4 Å². The quantitative estimate of drug-likeness (QED) is 0.344. The Labute approximate surface area is 136 Å². The van der Waals surface area contributed by atoms with Crippen molar-refractivity contribution in [3.8, 4) is 0 Å². The largest absolute Gasteiger partial charge is 0.373 e. The lowest BCUT2D eigenvalue weighted by atomic mass is 10.1. The molecule has 0 saturated carbocycles. The van der Waals surface area contributed by atoms with Gasteiger partial charge in [-0.15, -0.1) is 0 Å². The Hall–Kier alpha value is -1.13. The predicted molar refractivity (Wildman–Crippen MR) is 93.6 cm³/mol. The highest BCUT2D eigenvalue weighted by Crippen LogP contribution is 2.31. The Balaban J connectivity index is 2.52. The summed E-state index contributed by atoms with van der Waals surface area (Å²) in [5.74, 6) is -0.432. The lowest BCUT2D eigenvalue weighted by Gasteiger charge is -2.32. The topological polar surface area (TPSA) is 35.5 Å². The fourth-order valence-electron chi connectivity index (χ4n) is 2.66. The molecule has 0 saturated heterocycles. The SMILES string of the molecule is CC[Si](CC)(CC)CCC(C)(C)OOC(=O)c1ccccc1. The smallest absolute Gasteiger partial charge is 0.292 e. The van der Waals surface area contributed by atoms with E-state index in [2.05, 4.69) is 20.8 Å². The first-order valence-corrected chi connectivity index (χ1v) is 11.2. The minimum Gasteiger partial charge on any atom is -0.292 e.